The Balaban J connectivity index is 1.74. The van der Waals surface area contributed by atoms with Crippen LogP contribution in [0.3, 0.4) is 0 Å². The molecule has 6 nitrogen and oxygen atoms in total. The lowest BCUT2D eigenvalue weighted by atomic mass is 9.74. The number of amides is 1. The lowest BCUT2D eigenvalue weighted by Crippen LogP contribution is -2.52. The van der Waals surface area contributed by atoms with Gasteiger partial charge in [0.1, 0.15) is 5.01 Å². The zero-order chi connectivity index (χ0) is 20.9. The Morgan fingerprint density at radius 3 is 2.76 bits per heavy atom. The standard InChI is InChI=1S/C21H27N3O3S2/c1-4-27-19(26)21(12-17-9-6-5-8-15(17)2)10-7-11-24(14-21)18(25)13-28-20-23-22-16(3)29-20/h5-6,8-9H,4,7,10-14H2,1-3H3. The van der Waals surface area contributed by atoms with Crippen LogP contribution in [0.5, 0.6) is 0 Å². The number of hydrogen-bond acceptors (Lipinski definition) is 7. The molecule has 1 aliphatic rings. The predicted octanol–water partition coefficient (Wildman–Crippen LogP) is 3.66. The lowest BCUT2D eigenvalue weighted by Gasteiger charge is -2.41. The van der Waals surface area contributed by atoms with E-state index in [0.717, 1.165) is 33.3 Å². The van der Waals surface area contributed by atoms with Crippen molar-refractivity contribution in [1.29, 1.82) is 0 Å². The van der Waals surface area contributed by atoms with Crippen LogP contribution in [0, 0.1) is 19.3 Å². The van der Waals surface area contributed by atoms with E-state index in [0.29, 0.717) is 31.9 Å². The molecule has 8 heteroatoms. The maximum absolute atomic E-state index is 13.0. The molecular formula is C21H27N3O3S2. The second-order valence-electron chi connectivity index (χ2n) is 7.40. The molecule has 2 aromatic rings. The summed E-state index contributed by atoms with van der Waals surface area (Å²) in [6, 6.07) is 8.11. The van der Waals surface area contributed by atoms with Gasteiger partial charge in [0.15, 0.2) is 4.34 Å². The molecule has 1 fully saturated rings. The van der Waals surface area contributed by atoms with Crippen LogP contribution in [-0.2, 0) is 20.7 Å². The highest BCUT2D eigenvalue weighted by molar-refractivity contribution is 8.01. The first-order valence-corrected chi connectivity index (χ1v) is 11.7. The van der Waals surface area contributed by atoms with Crippen LogP contribution in [0.4, 0.5) is 0 Å². The van der Waals surface area contributed by atoms with E-state index < -0.39 is 5.41 Å². The van der Waals surface area contributed by atoms with E-state index in [1.54, 1.807) is 0 Å². The number of aryl methyl sites for hydroxylation is 2. The normalized spacial score (nSPS) is 19.2. The van der Waals surface area contributed by atoms with Crippen LogP contribution in [0.15, 0.2) is 28.6 Å². The summed E-state index contributed by atoms with van der Waals surface area (Å²) < 4.78 is 6.25. The molecule has 0 bridgehead atoms. The molecule has 3 rings (SSSR count). The number of rotatable bonds is 7. The Labute approximate surface area is 180 Å². The Kier molecular flexibility index (Phi) is 7.29. The van der Waals surface area contributed by atoms with Gasteiger partial charge >= 0.3 is 5.97 Å². The number of carbonyl (C=O) groups excluding carboxylic acids is 2. The fourth-order valence-electron chi connectivity index (χ4n) is 3.74. The third kappa shape index (κ3) is 5.36. The van der Waals surface area contributed by atoms with Crippen molar-refractivity contribution in [1.82, 2.24) is 15.1 Å². The van der Waals surface area contributed by atoms with Crippen molar-refractivity contribution in [2.24, 2.45) is 5.41 Å². The van der Waals surface area contributed by atoms with Crippen molar-refractivity contribution in [3.8, 4) is 0 Å². The molecule has 1 atom stereocenters. The van der Waals surface area contributed by atoms with Gasteiger partial charge in [0.25, 0.3) is 0 Å². The third-order valence-electron chi connectivity index (χ3n) is 5.25. The summed E-state index contributed by atoms with van der Waals surface area (Å²) in [6.45, 7) is 7.19. The number of benzene rings is 1. The van der Waals surface area contributed by atoms with Gasteiger partial charge in [-0.05, 0) is 51.2 Å². The van der Waals surface area contributed by atoms with E-state index in [1.807, 2.05) is 30.9 Å². The molecule has 0 radical (unpaired) electrons. The fourth-order valence-corrected chi connectivity index (χ4v) is 5.45. The number of thioether (sulfide) groups is 1. The molecule has 0 saturated carbocycles. The molecule has 0 spiro atoms. The van der Waals surface area contributed by atoms with Crippen LogP contribution < -0.4 is 0 Å². The van der Waals surface area contributed by atoms with Crippen molar-refractivity contribution in [3.63, 3.8) is 0 Å². The molecule has 1 amide bonds. The van der Waals surface area contributed by atoms with E-state index in [2.05, 4.69) is 29.3 Å². The number of likely N-dealkylation sites (tertiary alicyclic amines) is 1. The highest BCUT2D eigenvalue weighted by Crippen LogP contribution is 2.36. The predicted molar refractivity (Wildman–Crippen MR) is 115 cm³/mol. The van der Waals surface area contributed by atoms with Crippen LogP contribution in [0.25, 0.3) is 0 Å². The molecule has 156 valence electrons. The van der Waals surface area contributed by atoms with Crippen molar-refractivity contribution >= 4 is 35.0 Å². The molecule has 2 heterocycles. The summed E-state index contributed by atoms with van der Waals surface area (Å²) in [5.41, 5.74) is 1.59. The first-order chi connectivity index (χ1) is 13.9. The van der Waals surface area contributed by atoms with E-state index in [-0.39, 0.29) is 11.9 Å². The average molecular weight is 434 g/mol. The zero-order valence-electron chi connectivity index (χ0n) is 17.1. The molecule has 1 saturated heterocycles. The maximum atomic E-state index is 13.0. The highest BCUT2D eigenvalue weighted by Gasteiger charge is 2.45. The number of nitrogens with zero attached hydrogens (tertiary/aromatic N) is 3. The third-order valence-corrected chi connectivity index (χ3v) is 7.21. The summed E-state index contributed by atoms with van der Waals surface area (Å²) in [6.07, 6.45) is 2.11. The molecule has 0 aliphatic carbocycles. The summed E-state index contributed by atoms with van der Waals surface area (Å²) in [5, 5.41) is 8.94. The number of aromatic nitrogens is 2. The van der Waals surface area contributed by atoms with Gasteiger partial charge in [0, 0.05) is 13.1 Å². The van der Waals surface area contributed by atoms with Gasteiger partial charge in [-0.25, -0.2) is 0 Å². The molecule has 29 heavy (non-hydrogen) atoms. The highest BCUT2D eigenvalue weighted by atomic mass is 32.2. The molecule has 1 aliphatic heterocycles. The van der Waals surface area contributed by atoms with Crippen molar-refractivity contribution in [2.75, 3.05) is 25.4 Å². The van der Waals surface area contributed by atoms with E-state index in [4.69, 9.17) is 4.74 Å². The van der Waals surface area contributed by atoms with Crippen molar-refractivity contribution < 1.29 is 14.3 Å². The summed E-state index contributed by atoms with van der Waals surface area (Å²) >= 11 is 2.89. The van der Waals surface area contributed by atoms with E-state index in [9.17, 15) is 9.59 Å². The number of ether oxygens (including phenoxy) is 1. The first kappa shape index (κ1) is 21.8. The van der Waals surface area contributed by atoms with Gasteiger partial charge in [0.2, 0.25) is 5.91 Å². The minimum absolute atomic E-state index is 0.0287. The summed E-state index contributed by atoms with van der Waals surface area (Å²) in [5.74, 6) is 0.131. The average Bonchev–Trinajstić information content (AvgIpc) is 3.13. The van der Waals surface area contributed by atoms with E-state index >= 15 is 0 Å². The zero-order valence-corrected chi connectivity index (χ0v) is 18.8. The second kappa shape index (κ2) is 9.71. The van der Waals surface area contributed by atoms with Gasteiger partial charge in [0.05, 0.1) is 17.8 Å². The number of hydrogen-bond donors (Lipinski definition) is 0. The smallest absolute Gasteiger partial charge is 0.314 e. The van der Waals surface area contributed by atoms with Gasteiger partial charge in [-0.2, -0.15) is 0 Å². The molecule has 1 aromatic carbocycles. The largest absolute Gasteiger partial charge is 0.466 e. The number of piperidine rings is 1. The number of carbonyl (C=O) groups is 2. The summed E-state index contributed by atoms with van der Waals surface area (Å²) in [4.78, 5) is 27.7. The molecule has 1 aromatic heterocycles. The van der Waals surface area contributed by atoms with Crippen LogP contribution in [0.1, 0.15) is 35.9 Å². The van der Waals surface area contributed by atoms with Crippen molar-refractivity contribution in [2.45, 2.75) is 44.4 Å². The summed E-state index contributed by atoms with van der Waals surface area (Å²) in [7, 11) is 0. The molecule has 1 unspecified atom stereocenters. The van der Waals surface area contributed by atoms with Crippen LogP contribution >= 0.6 is 23.1 Å². The van der Waals surface area contributed by atoms with Crippen molar-refractivity contribution in [3.05, 3.63) is 40.4 Å². The minimum atomic E-state index is -0.694. The minimum Gasteiger partial charge on any atom is -0.466 e. The monoisotopic (exact) mass is 433 g/mol. The van der Waals surface area contributed by atoms with Gasteiger partial charge in [-0.15, -0.1) is 10.2 Å². The SMILES string of the molecule is CCOC(=O)C1(Cc2ccccc2C)CCCN(C(=O)CSc2nnc(C)s2)C1. The molecule has 0 N–H and O–H groups in total. The second-order valence-corrected chi connectivity index (χ2v) is 9.80. The first-order valence-electron chi connectivity index (χ1n) is 9.86. The van der Waals surface area contributed by atoms with Gasteiger partial charge in [-0.3, -0.25) is 9.59 Å². The van der Waals surface area contributed by atoms with Gasteiger partial charge < -0.3 is 9.64 Å². The Hall–Kier alpha value is -1.93. The number of esters is 1. The lowest BCUT2D eigenvalue weighted by molar-refractivity contribution is -0.160. The fraction of sp³-hybridized carbons (Fsp3) is 0.524. The Morgan fingerprint density at radius 2 is 2.07 bits per heavy atom. The Bertz CT molecular complexity index is 870. The quantitative estimate of drug-likeness (QED) is 0.490. The Morgan fingerprint density at radius 1 is 1.28 bits per heavy atom. The van der Waals surface area contributed by atoms with Crippen LogP contribution in [0.2, 0.25) is 0 Å². The van der Waals surface area contributed by atoms with Gasteiger partial charge in [-0.1, -0.05) is 47.4 Å². The van der Waals surface area contributed by atoms with E-state index in [1.165, 1.54) is 23.1 Å². The maximum Gasteiger partial charge on any atom is 0.314 e. The van der Waals surface area contributed by atoms with Crippen LogP contribution in [-0.4, -0.2) is 52.4 Å². The topological polar surface area (TPSA) is 72.4 Å². The molecular weight excluding hydrogens is 406 g/mol.